The molecule has 0 N–H and O–H groups in total. The van der Waals surface area contributed by atoms with Gasteiger partial charge in [0.1, 0.15) is 16.7 Å². The van der Waals surface area contributed by atoms with E-state index in [0.29, 0.717) is 23.6 Å². The summed E-state index contributed by atoms with van der Waals surface area (Å²) in [6, 6.07) is 10.9. The molecular weight excluding hydrogens is 658 g/mol. The van der Waals surface area contributed by atoms with Crippen molar-refractivity contribution in [3.8, 4) is 5.69 Å². The Hall–Kier alpha value is -3.51. The lowest BCUT2D eigenvalue weighted by Gasteiger charge is -2.52. The van der Waals surface area contributed by atoms with Crippen molar-refractivity contribution < 1.29 is 22.2 Å². The van der Waals surface area contributed by atoms with Gasteiger partial charge in [-0.1, -0.05) is 28.8 Å². The molecule has 3 aliphatic carbocycles. The Morgan fingerprint density at radius 3 is 2.46 bits per heavy atom. The minimum Gasteiger partial charge on any atom is -0.291 e. The Morgan fingerprint density at radius 2 is 1.78 bits per heavy atom. The normalized spacial score (nSPS) is 23.5. The summed E-state index contributed by atoms with van der Waals surface area (Å²) in [5.41, 5.74) is 2.06. The van der Waals surface area contributed by atoms with Crippen LogP contribution in [0.2, 0.25) is 10.2 Å². The molecule has 46 heavy (non-hydrogen) atoms. The summed E-state index contributed by atoms with van der Waals surface area (Å²) < 4.78 is 60.3. The summed E-state index contributed by atoms with van der Waals surface area (Å²) in [4.78, 5) is 23.3. The fourth-order valence-electron chi connectivity index (χ4n) is 7.12. The molecule has 3 heterocycles. The van der Waals surface area contributed by atoms with Crippen LogP contribution in [0.1, 0.15) is 53.8 Å². The molecule has 0 radical (unpaired) electrons. The highest BCUT2D eigenvalue weighted by Gasteiger charge is 2.56. The maximum atomic E-state index is 14.6. The first-order chi connectivity index (χ1) is 21.9. The third-order valence-electron chi connectivity index (χ3n) is 9.29. The zero-order valence-electron chi connectivity index (χ0n) is 24.4. The summed E-state index contributed by atoms with van der Waals surface area (Å²) in [6.07, 6.45) is 6.81. The third-order valence-corrected chi connectivity index (χ3v) is 12.0. The monoisotopic (exact) mass is 685 g/mol. The number of aromatic nitrogens is 4. The van der Waals surface area contributed by atoms with E-state index < -0.39 is 46.0 Å². The number of carbonyl (C=O) groups is 1. The van der Waals surface area contributed by atoms with Gasteiger partial charge >= 0.3 is 0 Å². The van der Waals surface area contributed by atoms with Crippen molar-refractivity contribution in [2.45, 2.75) is 61.4 Å². The average Bonchev–Trinajstić information content (AvgIpc) is 3.41. The van der Waals surface area contributed by atoms with Crippen LogP contribution in [0.4, 0.5) is 13.2 Å². The van der Waals surface area contributed by atoms with Crippen molar-refractivity contribution in [2.75, 3.05) is 0 Å². The number of alkyl halides is 2. The largest absolute Gasteiger partial charge is 0.291 e. The Kier molecular flexibility index (Phi) is 7.66. The highest BCUT2D eigenvalue weighted by molar-refractivity contribution is 7.98. The van der Waals surface area contributed by atoms with Crippen LogP contribution in [0.3, 0.4) is 0 Å². The van der Waals surface area contributed by atoms with Crippen molar-refractivity contribution >= 4 is 50.6 Å². The SMILES string of the molecule is C=S(=O)(c1ccc(Cl)nc1)N(C1CC(F)(F)C1)[C@H]1CCC2=Cc3c(cnn3-c3ccc(F)cc3)C[C@]2(C(=O)c2cc(Cl)ccn2)C1. The lowest BCUT2D eigenvalue weighted by Crippen LogP contribution is -2.59. The van der Waals surface area contributed by atoms with Gasteiger partial charge in [0.2, 0.25) is 0 Å². The number of ketones is 1. The number of carbonyl (C=O) groups excluding carboxylic acids is 1. The Labute approximate surface area is 274 Å². The van der Waals surface area contributed by atoms with Gasteiger partial charge in [0.25, 0.3) is 5.92 Å². The van der Waals surface area contributed by atoms with Crippen LogP contribution in [0.5, 0.6) is 0 Å². The molecule has 3 atom stereocenters. The van der Waals surface area contributed by atoms with Crippen LogP contribution < -0.4 is 0 Å². The topological polar surface area (TPSA) is 81.0 Å². The molecule has 2 fully saturated rings. The molecule has 1 aromatic carbocycles. The third kappa shape index (κ3) is 5.36. The maximum absolute atomic E-state index is 14.6. The minimum absolute atomic E-state index is 0.174. The summed E-state index contributed by atoms with van der Waals surface area (Å²) in [5.74, 6) is 0.547. The van der Waals surface area contributed by atoms with Gasteiger partial charge in [-0.25, -0.2) is 31.4 Å². The van der Waals surface area contributed by atoms with Crippen molar-refractivity contribution in [1.29, 1.82) is 0 Å². The number of fused-ring (bicyclic) bond motifs is 2. The van der Waals surface area contributed by atoms with Gasteiger partial charge in [0.05, 0.1) is 37.6 Å². The Balaban J connectivity index is 1.33. The molecule has 0 aliphatic heterocycles. The minimum atomic E-state index is -3.32. The molecule has 0 spiro atoms. The molecule has 0 saturated heterocycles. The van der Waals surface area contributed by atoms with Crippen molar-refractivity contribution in [3.05, 3.63) is 106 Å². The van der Waals surface area contributed by atoms with E-state index in [-0.39, 0.29) is 40.2 Å². The van der Waals surface area contributed by atoms with Crippen LogP contribution in [0.15, 0.2) is 77.6 Å². The number of nitrogens with zero attached hydrogens (tertiary/aromatic N) is 5. The second-order valence-electron chi connectivity index (χ2n) is 12.2. The molecule has 1 unspecified atom stereocenters. The molecule has 238 valence electrons. The van der Waals surface area contributed by atoms with Gasteiger partial charge in [-0.3, -0.25) is 9.78 Å². The number of pyridine rings is 2. The van der Waals surface area contributed by atoms with E-state index in [1.807, 2.05) is 6.08 Å². The number of hydrogen-bond donors (Lipinski definition) is 0. The van der Waals surface area contributed by atoms with Gasteiger partial charge in [-0.2, -0.15) is 5.10 Å². The lowest BCUT2D eigenvalue weighted by atomic mass is 9.60. The number of halogens is 5. The van der Waals surface area contributed by atoms with Gasteiger partial charge in [-0.05, 0) is 91.7 Å². The van der Waals surface area contributed by atoms with Gasteiger partial charge in [0, 0.05) is 42.3 Å². The Morgan fingerprint density at radius 1 is 1.02 bits per heavy atom. The molecule has 2 saturated carbocycles. The predicted molar refractivity (Wildman–Crippen MR) is 171 cm³/mol. The zero-order valence-corrected chi connectivity index (χ0v) is 26.7. The summed E-state index contributed by atoms with van der Waals surface area (Å²) in [7, 11) is -3.32. The number of allylic oxidation sites excluding steroid dienone is 1. The molecule has 7 rings (SSSR count). The molecule has 0 bridgehead atoms. The van der Waals surface area contributed by atoms with Crippen molar-refractivity contribution in [1.82, 2.24) is 24.1 Å². The van der Waals surface area contributed by atoms with Gasteiger partial charge < -0.3 is 0 Å². The van der Waals surface area contributed by atoms with Crippen LogP contribution in [0, 0.1) is 11.2 Å². The molecule has 3 aromatic heterocycles. The fraction of sp³-hybridized carbons (Fsp3) is 0.303. The zero-order chi connectivity index (χ0) is 32.4. The first-order valence-electron chi connectivity index (χ1n) is 14.7. The molecule has 0 amide bonds. The molecule has 7 nitrogen and oxygen atoms in total. The molecular formula is C33H28Cl2F3N5O2S. The molecule has 3 aliphatic rings. The average molecular weight is 687 g/mol. The van der Waals surface area contributed by atoms with E-state index in [1.165, 1.54) is 36.7 Å². The van der Waals surface area contributed by atoms with Crippen LogP contribution in [-0.4, -0.2) is 57.9 Å². The Bertz CT molecular complexity index is 1970. The van der Waals surface area contributed by atoms with E-state index in [4.69, 9.17) is 23.2 Å². The van der Waals surface area contributed by atoms with Crippen LogP contribution >= 0.6 is 23.2 Å². The van der Waals surface area contributed by atoms with E-state index in [2.05, 4.69) is 20.9 Å². The summed E-state index contributed by atoms with van der Waals surface area (Å²) in [6.45, 7) is 0. The number of rotatable bonds is 7. The first-order valence-corrected chi connectivity index (χ1v) is 17.2. The number of benzene rings is 1. The quantitative estimate of drug-likeness (QED) is 0.116. The van der Waals surface area contributed by atoms with Crippen LogP contribution in [0.25, 0.3) is 11.8 Å². The van der Waals surface area contributed by atoms with Gasteiger partial charge in [0.15, 0.2) is 5.78 Å². The first kappa shape index (κ1) is 31.1. The van der Waals surface area contributed by atoms with Crippen LogP contribution in [-0.2, 0) is 16.1 Å². The number of hydrogen-bond acceptors (Lipinski definition) is 5. The molecule has 4 aromatic rings. The number of Topliss-reactive ketones (excluding diaryl/α,β-unsaturated/α-hetero) is 1. The van der Waals surface area contributed by atoms with E-state index in [0.717, 1.165) is 16.8 Å². The fourth-order valence-corrected chi connectivity index (χ4v) is 9.43. The molecule has 13 heteroatoms. The lowest BCUT2D eigenvalue weighted by molar-refractivity contribution is -0.115. The summed E-state index contributed by atoms with van der Waals surface area (Å²) in [5, 5.41) is 5.12. The smallest absolute Gasteiger partial charge is 0.251 e. The standard InChI is InChI=1S/C33H28Cl2F3N5O2S/c1-46(45,27-8-9-30(35)40-19-27)43(26-16-33(37,38)17-26)25-5-2-21-12-29-20(18-41-42(29)24-6-3-23(36)4-7-24)14-32(21,15-25)31(44)28-13-22(34)10-11-39-28/h3-4,6-13,18-19,25-26H,1-2,5,14-17H2/t25-,32-,46?/m0/s1. The predicted octanol–water partition coefficient (Wildman–Crippen LogP) is 7.26. The van der Waals surface area contributed by atoms with Gasteiger partial charge in [-0.15, -0.1) is 0 Å². The summed E-state index contributed by atoms with van der Waals surface area (Å²) >= 11 is 12.3. The maximum Gasteiger partial charge on any atom is 0.251 e. The van der Waals surface area contributed by atoms with E-state index in [9.17, 15) is 22.2 Å². The highest BCUT2D eigenvalue weighted by Crippen LogP contribution is 2.53. The van der Waals surface area contributed by atoms with Crippen molar-refractivity contribution in [2.24, 2.45) is 5.41 Å². The van der Waals surface area contributed by atoms with Crippen molar-refractivity contribution in [3.63, 3.8) is 0 Å². The second-order valence-corrected chi connectivity index (χ2v) is 15.2. The van der Waals surface area contributed by atoms with E-state index in [1.54, 1.807) is 39.4 Å². The second kappa shape index (κ2) is 11.3. The highest BCUT2D eigenvalue weighted by atomic mass is 35.5. The van der Waals surface area contributed by atoms with E-state index >= 15 is 0 Å².